The van der Waals surface area contributed by atoms with Gasteiger partial charge in [-0.25, -0.2) is 4.39 Å². The molecule has 0 spiro atoms. The fourth-order valence-corrected chi connectivity index (χ4v) is 3.24. The van der Waals surface area contributed by atoms with Crippen LogP contribution in [0.2, 0.25) is 0 Å². The van der Waals surface area contributed by atoms with E-state index in [0.717, 1.165) is 0 Å². The monoisotopic (exact) mass is 426 g/mol. The first kappa shape index (κ1) is 21.1. The number of methoxy groups -OCH3 is 2. The first-order valence-electron chi connectivity index (χ1n) is 8.85. The van der Waals surface area contributed by atoms with Crippen molar-refractivity contribution in [3.63, 3.8) is 0 Å². The second-order valence-corrected chi connectivity index (χ2v) is 7.02. The Morgan fingerprint density at radius 2 is 1.80 bits per heavy atom. The summed E-state index contributed by atoms with van der Waals surface area (Å²) in [6.45, 7) is 0. The summed E-state index contributed by atoms with van der Waals surface area (Å²) in [5.41, 5.74) is 0.858. The summed E-state index contributed by atoms with van der Waals surface area (Å²) in [5, 5.41) is 6.98. The molecule has 0 saturated heterocycles. The Kier molecular flexibility index (Phi) is 6.82. The normalized spacial score (nSPS) is 11.0. The molecule has 154 valence electrons. The van der Waals surface area contributed by atoms with Crippen LogP contribution in [0.1, 0.15) is 15.2 Å². The Labute approximate surface area is 177 Å². The Hall–Kier alpha value is -3.65. The van der Waals surface area contributed by atoms with Gasteiger partial charge >= 0.3 is 0 Å². The van der Waals surface area contributed by atoms with Gasteiger partial charge in [0.1, 0.15) is 11.5 Å². The van der Waals surface area contributed by atoms with Crippen LogP contribution < -0.4 is 20.1 Å². The summed E-state index contributed by atoms with van der Waals surface area (Å²) in [6.07, 6.45) is 1.50. The lowest BCUT2D eigenvalue weighted by atomic mass is 10.1. The van der Waals surface area contributed by atoms with E-state index in [9.17, 15) is 14.0 Å². The molecular weight excluding hydrogens is 407 g/mol. The van der Waals surface area contributed by atoms with Gasteiger partial charge in [0.05, 0.1) is 19.1 Å². The minimum absolute atomic E-state index is 0.00937. The molecule has 2 aromatic carbocycles. The summed E-state index contributed by atoms with van der Waals surface area (Å²) < 4.78 is 24.0. The lowest BCUT2D eigenvalue weighted by Gasteiger charge is -2.12. The number of hydrogen-bond donors (Lipinski definition) is 2. The van der Waals surface area contributed by atoms with Crippen LogP contribution >= 0.6 is 11.3 Å². The van der Waals surface area contributed by atoms with E-state index in [1.165, 1.54) is 49.8 Å². The van der Waals surface area contributed by atoms with Crippen LogP contribution in [0.3, 0.4) is 0 Å². The number of thiophene rings is 1. The first-order chi connectivity index (χ1) is 14.5. The number of nitrogens with one attached hydrogen (secondary N) is 2. The summed E-state index contributed by atoms with van der Waals surface area (Å²) in [4.78, 5) is 25.8. The third-order valence-electron chi connectivity index (χ3n) is 4.04. The van der Waals surface area contributed by atoms with E-state index in [4.69, 9.17) is 9.47 Å². The van der Waals surface area contributed by atoms with Crippen molar-refractivity contribution in [1.29, 1.82) is 0 Å². The number of carbonyl (C=O) groups excluding carboxylic acids is 2. The SMILES string of the molecule is COc1ccc(C=C(NC(=O)c2cccs2)C(=O)Nc2cccc(F)c2)cc1OC. The number of ether oxygens (including phenoxy) is 2. The topological polar surface area (TPSA) is 76.7 Å². The molecule has 1 aromatic heterocycles. The van der Waals surface area contributed by atoms with E-state index in [-0.39, 0.29) is 11.4 Å². The van der Waals surface area contributed by atoms with Gasteiger partial charge in [0, 0.05) is 5.69 Å². The highest BCUT2D eigenvalue weighted by Crippen LogP contribution is 2.28. The van der Waals surface area contributed by atoms with Crippen molar-refractivity contribution in [1.82, 2.24) is 5.32 Å². The molecule has 1 heterocycles. The van der Waals surface area contributed by atoms with Crippen LogP contribution in [0.25, 0.3) is 6.08 Å². The fourth-order valence-electron chi connectivity index (χ4n) is 2.62. The van der Waals surface area contributed by atoms with E-state index in [0.29, 0.717) is 21.9 Å². The lowest BCUT2D eigenvalue weighted by Crippen LogP contribution is -2.30. The molecule has 8 heteroatoms. The summed E-state index contributed by atoms with van der Waals surface area (Å²) in [7, 11) is 3.02. The van der Waals surface area contributed by atoms with Crippen molar-refractivity contribution < 1.29 is 23.5 Å². The van der Waals surface area contributed by atoms with Crippen molar-refractivity contribution in [2.75, 3.05) is 19.5 Å². The zero-order chi connectivity index (χ0) is 21.5. The van der Waals surface area contributed by atoms with Gasteiger partial charge in [-0.2, -0.15) is 0 Å². The largest absolute Gasteiger partial charge is 0.493 e. The maximum atomic E-state index is 13.5. The molecule has 3 aromatic rings. The van der Waals surface area contributed by atoms with Gasteiger partial charge < -0.3 is 20.1 Å². The van der Waals surface area contributed by atoms with Crippen LogP contribution in [-0.2, 0) is 4.79 Å². The molecule has 0 aliphatic carbocycles. The number of amides is 2. The van der Waals surface area contributed by atoms with Crippen molar-refractivity contribution >= 4 is 34.9 Å². The van der Waals surface area contributed by atoms with Crippen molar-refractivity contribution in [2.24, 2.45) is 0 Å². The predicted octanol–water partition coefficient (Wildman–Crippen LogP) is 4.31. The molecule has 2 N–H and O–H groups in total. The van der Waals surface area contributed by atoms with Crippen LogP contribution in [0.4, 0.5) is 10.1 Å². The Bertz CT molecular complexity index is 1080. The molecule has 6 nitrogen and oxygen atoms in total. The van der Waals surface area contributed by atoms with E-state index in [2.05, 4.69) is 10.6 Å². The Morgan fingerprint density at radius 3 is 2.47 bits per heavy atom. The highest BCUT2D eigenvalue weighted by molar-refractivity contribution is 7.12. The molecule has 3 rings (SSSR count). The maximum Gasteiger partial charge on any atom is 0.272 e. The van der Waals surface area contributed by atoms with Gasteiger partial charge in [-0.3, -0.25) is 9.59 Å². The van der Waals surface area contributed by atoms with Crippen LogP contribution in [0.15, 0.2) is 65.7 Å². The third kappa shape index (κ3) is 5.24. The van der Waals surface area contributed by atoms with Crippen LogP contribution in [0, 0.1) is 5.82 Å². The predicted molar refractivity (Wildman–Crippen MR) is 114 cm³/mol. The Balaban J connectivity index is 1.93. The molecule has 0 radical (unpaired) electrons. The molecule has 0 aliphatic rings. The second kappa shape index (κ2) is 9.71. The standard InChI is InChI=1S/C22H19FN2O4S/c1-28-18-9-8-14(12-19(18)29-2)11-17(25-22(27)20-7-4-10-30-20)21(26)24-16-6-3-5-15(23)13-16/h3-13H,1-2H3,(H,24,26)(H,25,27). The molecular formula is C22H19FN2O4S. The van der Waals surface area contributed by atoms with Gasteiger partial charge in [0.2, 0.25) is 0 Å². The number of anilines is 1. The minimum atomic E-state index is -0.597. The number of halogens is 1. The van der Waals surface area contributed by atoms with Crippen molar-refractivity contribution in [2.45, 2.75) is 0 Å². The first-order valence-corrected chi connectivity index (χ1v) is 9.73. The molecule has 0 bridgehead atoms. The van der Waals surface area contributed by atoms with Crippen LogP contribution in [0.5, 0.6) is 11.5 Å². The molecule has 0 unspecified atom stereocenters. The van der Waals surface area contributed by atoms with Crippen molar-refractivity contribution in [3.8, 4) is 11.5 Å². The summed E-state index contributed by atoms with van der Waals surface area (Å²) in [6, 6.07) is 14.0. The maximum absolute atomic E-state index is 13.5. The van der Waals surface area contributed by atoms with Gasteiger partial charge in [0.25, 0.3) is 11.8 Å². The number of hydrogen-bond acceptors (Lipinski definition) is 5. The molecule has 0 aliphatic heterocycles. The van der Waals surface area contributed by atoms with Gasteiger partial charge in [0.15, 0.2) is 11.5 Å². The molecule has 0 fully saturated rings. The summed E-state index contributed by atoms with van der Waals surface area (Å²) >= 11 is 1.25. The van der Waals surface area contributed by atoms with Crippen molar-refractivity contribution in [3.05, 3.63) is 81.9 Å². The van der Waals surface area contributed by atoms with Gasteiger partial charge in [-0.1, -0.05) is 18.2 Å². The molecule has 30 heavy (non-hydrogen) atoms. The smallest absolute Gasteiger partial charge is 0.272 e. The molecule has 0 atom stereocenters. The second-order valence-electron chi connectivity index (χ2n) is 6.07. The number of rotatable bonds is 7. The highest BCUT2D eigenvalue weighted by Gasteiger charge is 2.16. The zero-order valence-electron chi connectivity index (χ0n) is 16.3. The van der Waals surface area contributed by atoms with E-state index < -0.39 is 17.6 Å². The third-order valence-corrected chi connectivity index (χ3v) is 4.91. The quantitative estimate of drug-likeness (QED) is 0.552. The minimum Gasteiger partial charge on any atom is -0.493 e. The fraction of sp³-hybridized carbons (Fsp3) is 0.0909. The average Bonchev–Trinajstić information content (AvgIpc) is 3.28. The lowest BCUT2D eigenvalue weighted by molar-refractivity contribution is -0.113. The Morgan fingerprint density at radius 1 is 1.00 bits per heavy atom. The number of benzene rings is 2. The van der Waals surface area contributed by atoms with E-state index in [1.54, 1.807) is 41.8 Å². The van der Waals surface area contributed by atoms with E-state index in [1.807, 2.05) is 0 Å². The summed E-state index contributed by atoms with van der Waals surface area (Å²) in [5.74, 6) is -0.504. The number of carbonyl (C=O) groups is 2. The average molecular weight is 426 g/mol. The zero-order valence-corrected chi connectivity index (χ0v) is 17.1. The highest BCUT2D eigenvalue weighted by atomic mass is 32.1. The van der Waals surface area contributed by atoms with E-state index >= 15 is 0 Å². The van der Waals surface area contributed by atoms with Gasteiger partial charge in [-0.15, -0.1) is 11.3 Å². The van der Waals surface area contributed by atoms with Gasteiger partial charge in [-0.05, 0) is 53.4 Å². The molecule has 0 saturated carbocycles. The molecule has 2 amide bonds. The van der Waals surface area contributed by atoms with Crippen LogP contribution in [-0.4, -0.2) is 26.0 Å².